The van der Waals surface area contributed by atoms with Gasteiger partial charge in [-0.05, 0) is 36.8 Å². The maximum Gasteiger partial charge on any atom is 0.265 e. The van der Waals surface area contributed by atoms with Crippen molar-refractivity contribution in [3.8, 4) is 0 Å². The molecule has 0 aliphatic heterocycles. The van der Waals surface area contributed by atoms with Gasteiger partial charge in [-0.15, -0.1) is 11.3 Å². The molecule has 0 radical (unpaired) electrons. The molecule has 1 aromatic heterocycles. The van der Waals surface area contributed by atoms with Gasteiger partial charge in [0.1, 0.15) is 0 Å². The molecule has 1 N–H and O–H groups in total. The van der Waals surface area contributed by atoms with E-state index >= 15 is 0 Å². The highest BCUT2D eigenvalue weighted by Crippen LogP contribution is 2.18. The quantitative estimate of drug-likeness (QED) is 0.846. The van der Waals surface area contributed by atoms with E-state index in [1.807, 2.05) is 43.3 Å². The Kier molecular flexibility index (Phi) is 3.97. The molecular formula is C13H12BrNOS. The predicted molar refractivity (Wildman–Crippen MR) is 76.1 cm³/mol. The lowest BCUT2D eigenvalue weighted by Crippen LogP contribution is -2.09. The van der Waals surface area contributed by atoms with Crippen LogP contribution in [0.2, 0.25) is 0 Å². The summed E-state index contributed by atoms with van der Waals surface area (Å²) in [6.07, 6.45) is 0. The van der Waals surface area contributed by atoms with Crippen LogP contribution in [0.5, 0.6) is 0 Å². The second-order valence-electron chi connectivity index (χ2n) is 3.69. The smallest absolute Gasteiger partial charge is 0.265 e. The molecule has 0 spiro atoms. The SMILES string of the molecule is Cc1ccc(C(=O)Nc2ccc(CBr)cc2)s1. The Morgan fingerprint density at radius 2 is 1.94 bits per heavy atom. The van der Waals surface area contributed by atoms with Gasteiger partial charge in [0, 0.05) is 15.9 Å². The maximum absolute atomic E-state index is 11.9. The lowest BCUT2D eigenvalue weighted by atomic mass is 10.2. The van der Waals surface area contributed by atoms with Crippen molar-refractivity contribution < 1.29 is 4.79 Å². The summed E-state index contributed by atoms with van der Waals surface area (Å²) in [5, 5.41) is 3.70. The highest BCUT2D eigenvalue weighted by Gasteiger charge is 2.07. The number of amides is 1. The van der Waals surface area contributed by atoms with Crippen molar-refractivity contribution >= 4 is 38.9 Å². The van der Waals surface area contributed by atoms with Gasteiger partial charge in [-0.2, -0.15) is 0 Å². The number of aryl methyl sites for hydroxylation is 1. The van der Waals surface area contributed by atoms with Gasteiger partial charge in [0.25, 0.3) is 5.91 Å². The first-order valence-corrected chi connectivity index (χ1v) is 7.15. The van der Waals surface area contributed by atoms with Crippen LogP contribution < -0.4 is 5.32 Å². The molecule has 17 heavy (non-hydrogen) atoms. The Labute approximate surface area is 113 Å². The zero-order valence-corrected chi connectivity index (χ0v) is 11.8. The highest BCUT2D eigenvalue weighted by molar-refractivity contribution is 9.08. The Morgan fingerprint density at radius 3 is 2.47 bits per heavy atom. The Balaban J connectivity index is 2.07. The number of rotatable bonds is 3. The summed E-state index contributed by atoms with van der Waals surface area (Å²) in [4.78, 5) is 13.8. The third-order valence-corrected chi connectivity index (χ3v) is 3.98. The fourth-order valence-electron chi connectivity index (χ4n) is 1.43. The summed E-state index contributed by atoms with van der Waals surface area (Å²) in [5.41, 5.74) is 2.01. The molecule has 4 heteroatoms. The topological polar surface area (TPSA) is 29.1 Å². The first-order valence-electron chi connectivity index (χ1n) is 5.22. The van der Waals surface area contributed by atoms with E-state index in [1.54, 1.807) is 0 Å². The van der Waals surface area contributed by atoms with Crippen LogP contribution in [0.3, 0.4) is 0 Å². The van der Waals surface area contributed by atoms with Gasteiger partial charge in [0.05, 0.1) is 4.88 Å². The number of halogens is 1. The number of anilines is 1. The fraction of sp³-hybridized carbons (Fsp3) is 0.154. The zero-order chi connectivity index (χ0) is 12.3. The van der Waals surface area contributed by atoms with Crippen molar-refractivity contribution in [1.82, 2.24) is 0 Å². The number of hydrogen-bond donors (Lipinski definition) is 1. The van der Waals surface area contributed by atoms with E-state index in [-0.39, 0.29) is 5.91 Å². The van der Waals surface area contributed by atoms with Crippen LogP contribution in [0, 0.1) is 6.92 Å². The van der Waals surface area contributed by atoms with Gasteiger partial charge in [0.15, 0.2) is 0 Å². The van der Waals surface area contributed by atoms with Gasteiger partial charge < -0.3 is 5.32 Å². The second kappa shape index (κ2) is 5.47. The molecule has 0 unspecified atom stereocenters. The fourth-order valence-corrected chi connectivity index (χ4v) is 2.56. The second-order valence-corrected chi connectivity index (χ2v) is 5.54. The number of carbonyl (C=O) groups excluding carboxylic acids is 1. The van der Waals surface area contributed by atoms with Crippen molar-refractivity contribution in [2.24, 2.45) is 0 Å². The van der Waals surface area contributed by atoms with E-state index in [0.29, 0.717) is 0 Å². The Morgan fingerprint density at radius 1 is 1.24 bits per heavy atom. The minimum Gasteiger partial charge on any atom is -0.321 e. The van der Waals surface area contributed by atoms with Crippen LogP contribution in [-0.2, 0) is 5.33 Å². The number of nitrogens with one attached hydrogen (secondary N) is 1. The molecule has 0 aliphatic carbocycles. The summed E-state index contributed by atoms with van der Waals surface area (Å²) < 4.78 is 0. The first kappa shape index (κ1) is 12.3. The molecule has 2 rings (SSSR count). The summed E-state index contributed by atoms with van der Waals surface area (Å²) in [6.45, 7) is 1.99. The Bertz CT molecular complexity index is 518. The van der Waals surface area contributed by atoms with Crippen molar-refractivity contribution in [2.75, 3.05) is 5.32 Å². The van der Waals surface area contributed by atoms with Crippen LogP contribution in [0.1, 0.15) is 20.1 Å². The normalized spacial score (nSPS) is 10.2. The molecule has 2 nitrogen and oxygen atoms in total. The minimum atomic E-state index is -0.0466. The van der Waals surface area contributed by atoms with Crippen molar-refractivity contribution in [1.29, 1.82) is 0 Å². The number of thiophene rings is 1. The van der Waals surface area contributed by atoms with Gasteiger partial charge >= 0.3 is 0 Å². The number of benzene rings is 1. The molecule has 88 valence electrons. The molecular weight excluding hydrogens is 298 g/mol. The number of hydrogen-bond acceptors (Lipinski definition) is 2. The molecule has 1 aromatic carbocycles. The molecule has 0 fully saturated rings. The van der Waals surface area contributed by atoms with Gasteiger partial charge in [0.2, 0.25) is 0 Å². The van der Waals surface area contributed by atoms with Crippen LogP contribution in [0.15, 0.2) is 36.4 Å². The number of carbonyl (C=O) groups is 1. The van der Waals surface area contributed by atoms with Gasteiger partial charge in [-0.1, -0.05) is 28.1 Å². The summed E-state index contributed by atoms with van der Waals surface area (Å²) in [7, 11) is 0. The van der Waals surface area contributed by atoms with Gasteiger partial charge in [-0.3, -0.25) is 4.79 Å². The average Bonchev–Trinajstić information content (AvgIpc) is 2.77. The molecule has 2 aromatic rings. The van der Waals surface area contributed by atoms with E-state index in [9.17, 15) is 4.79 Å². The van der Waals surface area contributed by atoms with E-state index in [2.05, 4.69) is 21.2 Å². The van der Waals surface area contributed by atoms with Crippen molar-refractivity contribution in [2.45, 2.75) is 12.3 Å². The summed E-state index contributed by atoms with van der Waals surface area (Å²) >= 11 is 4.89. The number of alkyl halides is 1. The molecule has 0 bridgehead atoms. The molecule has 1 heterocycles. The standard InChI is InChI=1S/C13H12BrNOS/c1-9-2-7-12(17-9)13(16)15-11-5-3-10(8-14)4-6-11/h2-7H,8H2,1H3,(H,15,16). The molecule has 0 atom stereocenters. The van der Waals surface area contributed by atoms with Crippen LogP contribution in [0.25, 0.3) is 0 Å². The van der Waals surface area contributed by atoms with E-state index in [4.69, 9.17) is 0 Å². The Hall–Kier alpha value is -1.13. The van der Waals surface area contributed by atoms with Gasteiger partial charge in [-0.25, -0.2) is 0 Å². The van der Waals surface area contributed by atoms with Crippen LogP contribution in [0.4, 0.5) is 5.69 Å². The lowest BCUT2D eigenvalue weighted by molar-refractivity contribution is 0.103. The first-order chi connectivity index (χ1) is 8.19. The van der Waals surface area contributed by atoms with Crippen LogP contribution >= 0.6 is 27.3 Å². The molecule has 0 aliphatic rings. The zero-order valence-electron chi connectivity index (χ0n) is 9.37. The van der Waals surface area contributed by atoms with E-state index < -0.39 is 0 Å². The minimum absolute atomic E-state index is 0.0466. The van der Waals surface area contributed by atoms with Crippen molar-refractivity contribution in [3.63, 3.8) is 0 Å². The summed E-state index contributed by atoms with van der Waals surface area (Å²) in [6, 6.07) is 11.6. The monoisotopic (exact) mass is 309 g/mol. The molecule has 0 saturated heterocycles. The predicted octanol–water partition coefficient (Wildman–Crippen LogP) is 4.20. The maximum atomic E-state index is 11.9. The third-order valence-electron chi connectivity index (χ3n) is 2.33. The van der Waals surface area contributed by atoms with E-state index in [1.165, 1.54) is 16.9 Å². The highest BCUT2D eigenvalue weighted by atomic mass is 79.9. The van der Waals surface area contributed by atoms with Crippen LogP contribution in [-0.4, -0.2) is 5.91 Å². The van der Waals surface area contributed by atoms with Crippen molar-refractivity contribution in [3.05, 3.63) is 51.7 Å². The largest absolute Gasteiger partial charge is 0.321 e. The molecule has 0 saturated carbocycles. The average molecular weight is 310 g/mol. The third kappa shape index (κ3) is 3.17. The summed E-state index contributed by atoms with van der Waals surface area (Å²) in [5.74, 6) is -0.0466. The molecule has 1 amide bonds. The lowest BCUT2D eigenvalue weighted by Gasteiger charge is -2.04. The van der Waals surface area contributed by atoms with E-state index in [0.717, 1.165) is 20.8 Å².